The first kappa shape index (κ1) is 97.9. The van der Waals surface area contributed by atoms with Crippen LogP contribution >= 0.6 is 19.6 Å². The molecule has 1 saturated carbocycles. The van der Waals surface area contributed by atoms with Crippen molar-refractivity contribution >= 4 is 112 Å². The van der Waals surface area contributed by atoms with Crippen LogP contribution in [0.2, 0.25) is 0 Å². The number of rotatable bonds is 24. The summed E-state index contributed by atoms with van der Waals surface area (Å²) in [6.07, 6.45) is 30.4. The normalized spacial score (nSPS) is 14.5. The Kier molecular flexibility index (Phi) is 35.5. The summed E-state index contributed by atoms with van der Waals surface area (Å²) in [4.78, 5) is 108. The summed E-state index contributed by atoms with van der Waals surface area (Å²) in [7, 11) is 3.14. The molecule has 0 unspecified atom stereocenters. The number of aliphatic hydroxyl groups is 1. The molecule has 3 aromatic carbocycles. The Morgan fingerprint density at radius 1 is 0.720 bits per heavy atom. The van der Waals surface area contributed by atoms with E-state index in [0.717, 1.165) is 78.0 Å². The Bertz CT molecular complexity index is 6430. The zero-order valence-electron chi connectivity index (χ0n) is 72.4. The Labute approximate surface area is 769 Å². The molecule has 2 fully saturated rings. The summed E-state index contributed by atoms with van der Waals surface area (Å²) < 4.78 is 54.9. The number of nitrogen functional groups attached to an aromatic ring is 2. The predicted molar refractivity (Wildman–Crippen MR) is 472 cm³/mol. The first-order valence-corrected chi connectivity index (χ1v) is 42.6. The van der Waals surface area contributed by atoms with Gasteiger partial charge in [-0.1, -0.05) is 79.2 Å². The molecule has 40 heteroatoms. The van der Waals surface area contributed by atoms with Crippen molar-refractivity contribution in [1.82, 2.24) is 91.2 Å². The second-order valence-electron chi connectivity index (χ2n) is 28.8. The van der Waals surface area contributed by atoms with Gasteiger partial charge in [-0.15, -0.1) is 17.9 Å². The molecule has 11 heterocycles. The van der Waals surface area contributed by atoms with Gasteiger partial charge in [0.2, 0.25) is 17.6 Å². The number of nitrogens with zero attached hydrogens (tertiary/aromatic N) is 20. The van der Waals surface area contributed by atoms with Crippen molar-refractivity contribution in [2.45, 2.75) is 105 Å². The van der Waals surface area contributed by atoms with Gasteiger partial charge in [0.1, 0.15) is 35.1 Å². The number of imidazole rings is 3. The first-order chi connectivity index (χ1) is 59.2. The van der Waals surface area contributed by atoms with Crippen molar-refractivity contribution in [1.29, 1.82) is 0 Å². The molecule has 0 radical (unpaired) electrons. The zero-order chi connectivity index (χ0) is 88.2. The van der Waals surface area contributed by atoms with Crippen molar-refractivity contribution in [3.8, 4) is 65.4 Å². The maximum Gasteiger partial charge on any atom is 1.00 e. The minimum Gasteiger partial charge on any atom is -0.790 e. The number of furan rings is 1. The van der Waals surface area contributed by atoms with Crippen LogP contribution in [-0.2, 0) is 67.2 Å². The van der Waals surface area contributed by atoms with E-state index in [-0.39, 0.29) is 119 Å². The Balaban J connectivity index is 0.000000188. The van der Waals surface area contributed by atoms with Crippen LogP contribution in [0.4, 0.5) is 17.5 Å². The molecular weight excluding hydrogens is 1660 g/mol. The van der Waals surface area contributed by atoms with Gasteiger partial charge in [-0.25, -0.2) is 48.7 Å². The minimum atomic E-state index is -5.12. The molecule has 125 heavy (non-hydrogen) atoms. The number of hydrogen-bond acceptors (Lipinski definition) is 28. The fraction of sp³-hybridized carbons (Fsp3) is 0.376. The fourth-order valence-corrected chi connectivity index (χ4v) is 14.5. The number of phosphoric ester groups is 1. The monoisotopic (exact) mass is 1760 g/mol. The predicted octanol–water partition coefficient (Wildman–Crippen LogP) is 0.853. The number of phosphoric acid groups is 1. The number of nitrogens with two attached hydrogens (primary N) is 2. The van der Waals surface area contributed by atoms with E-state index < -0.39 is 31.3 Å². The molecule has 5 N–H and O–H groups in total. The topological polar surface area (TPSA) is 429 Å². The third kappa shape index (κ3) is 24.0. The number of terminal acetylenes is 2. The molecule has 2 atom stereocenters. The summed E-state index contributed by atoms with van der Waals surface area (Å²) in [5.41, 5.74) is 16.9. The van der Waals surface area contributed by atoms with Crippen molar-refractivity contribution in [2.75, 3.05) is 103 Å². The third-order valence-corrected chi connectivity index (χ3v) is 20.7. The van der Waals surface area contributed by atoms with E-state index in [9.17, 15) is 38.6 Å². The molecule has 10 aromatic heterocycles. The maximum atomic E-state index is 12.9. The van der Waals surface area contributed by atoms with Gasteiger partial charge in [-0.2, -0.15) is 26.4 Å². The van der Waals surface area contributed by atoms with Crippen molar-refractivity contribution in [3.63, 3.8) is 0 Å². The SMILES string of the molecule is C#CCn1c(=O)c2c(nc(/C=C/c3cccc(C)c3)n2C)n(CCCOP(=O)([O-])[O-])c1=O.C#CCn1cnc2c(N)nc(C#C[C@]3(O)CCC[C@@H](C)C3)nc21.CCn1c(=O)c2c(nc(/C=C/c3ccc(OC)c(OC)c3)n2C)n(CC)c1=O.COCCOc1ccc(N2CCN(CCn3ncc4c3nc(N)n3nc(-c5ccco5)nc43)CC2)cc1.CSC.[Na+].[Na+]. The van der Waals surface area contributed by atoms with Crippen LogP contribution in [0, 0.1) is 49.4 Å². The van der Waals surface area contributed by atoms with Crippen LogP contribution in [-0.4, -0.2) is 188 Å². The number of ether oxygens (including phenoxy) is 4. The molecule has 0 amide bonds. The summed E-state index contributed by atoms with van der Waals surface area (Å²) in [5, 5.41) is 20.4. The zero-order valence-corrected chi connectivity index (χ0v) is 78.1. The van der Waals surface area contributed by atoms with Crippen LogP contribution in [0.5, 0.6) is 17.2 Å². The number of aryl methyl sites for hydroxylation is 5. The van der Waals surface area contributed by atoms with Crippen LogP contribution in [0.15, 0.2) is 121 Å². The number of benzene rings is 3. The average Bonchev–Trinajstić information content (AvgIpc) is 1.62. The first-order valence-electron chi connectivity index (χ1n) is 39.5. The Morgan fingerprint density at radius 2 is 1.38 bits per heavy atom. The van der Waals surface area contributed by atoms with Gasteiger partial charge < -0.3 is 77.4 Å². The molecule has 13 aromatic rings. The number of thioether (sulfide) groups is 1. The van der Waals surface area contributed by atoms with Crippen molar-refractivity contribution in [2.24, 2.45) is 20.0 Å². The van der Waals surface area contributed by atoms with Gasteiger partial charge in [0.25, 0.3) is 11.1 Å². The molecular formula is C85H99N22Na2O14PS. The molecule has 0 bridgehead atoms. The third-order valence-electron chi connectivity index (χ3n) is 20.2. The number of methoxy groups -OCH3 is 3. The summed E-state index contributed by atoms with van der Waals surface area (Å²) in [5.74, 6) is 16.1. The molecule has 1 aliphatic heterocycles. The molecule has 1 saturated heterocycles. The van der Waals surface area contributed by atoms with Crippen LogP contribution < -0.4 is 122 Å². The second-order valence-corrected chi connectivity index (χ2v) is 30.8. The molecule has 0 spiro atoms. The quantitative estimate of drug-likeness (QED) is 0.0327. The van der Waals surface area contributed by atoms with E-state index in [1.165, 1.54) is 23.9 Å². The van der Waals surface area contributed by atoms with Gasteiger partial charge >= 0.3 is 70.5 Å². The molecule has 1 aliphatic carbocycles. The van der Waals surface area contributed by atoms with Crippen LogP contribution in [0.25, 0.3) is 86.1 Å². The Hall–Kier alpha value is -10.9. The van der Waals surface area contributed by atoms with Gasteiger partial charge in [0.05, 0.1) is 79.1 Å². The molecule has 15 rings (SSSR count). The largest absolute Gasteiger partial charge is 1.00 e. The summed E-state index contributed by atoms with van der Waals surface area (Å²) in [6.45, 7) is 14.8. The molecule has 2 aliphatic rings. The van der Waals surface area contributed by atoms with Gasteiger partial charge in [-0.05, 0) is 143 Å². The Morgan fingerprint density at radius 3 is 1.99 bits per heavy atom. The molecule has 36 nitrogen and oxygen atoms in total. The number of fused-ring (bicyclic) bond motifs is 6. The summed E-state index contributed by atoms with van der Waals surface area (Å²) in [6, 6.07) is 25.3. The second kappa shape index (κ2) is 45.3. The standard InChI is InChI=1S/C25H29N9O3.C21H23N4O6P.C20H24N4O4.C17H19N5O.C2H6S.2Na/c1-35-15-16-36-19-6-4-18(5-7-19)32-11-8-31(9-12-32)10-13-33-23-20(17-27-33)24-28-22(21-3-2-14-37-21)30-34(24)25(26)29-23;1-4-11-25-20(26)18-19(24(21(25)27)12-6-13-31-32(28,29)30)22-17(23(18)3)10-9-16-8-5-7-15(2)14-16;1-6-23-18-17(19(25)24(7-2)20(23)26)22(3)16(21-18)11-9-13-8-10-14(27-4)15(12-13)28-5;1-3-9-22-11-19-14-15(18)20-13(21-16(14)22)6-8-17(23)7-4-5-12(2)10-17;1-3-2;;/h2-7,14,17H,8-13,15-16H2,1H3,(H2,26,29);1,5,7-10,14H,6,11-13H2,2-3H3,(H2,28,29,30);8-12H,6-7H2,1-5H3;1,11-12,23H,4-5,7,9-10H2,2H3,(H2,18,20,21);1-2H3;;/q;;;;;2*+1/p-2/b;10-9+;11-9+;;;;/t;;;12-,17-;;;/m...1.../s1. The number of aromatic nitrogens is 18. The van der Waals surface area contributed by atoms with E-state index in [1.54, 1.807) is 105 Å². The van der Waals surface area contributed by atoms with E-state index in [2.05, 4.69) is 102 Å². The van der Waals surface area contributed by atoms with Gasteiger partial charge in [-0.3, -0.25) is 28.2 Å². The number of hydrogen-bond donors (Lipinski definition) is 3. The molecule has 646 valence electrons. The number of anilines is 3. The average molecular weight is 1760 g/mol. The number of piperazine rings is 1. The minimum absolute atomic E-state index is 0. The van der Waals surface area contributed by atoms with E-state index in [0.29, 0.717) is 127 Å². The van der Waals surface area contributed by atoms with E-state index in [1.807, 2.05) is 104 Å². The van der Waals surface area contributed by atoms with Crippen molar-refractivity contribution < 1.29 is 106 Å². The van der Waals surface area contributed by atoms with Gasteiger partial charge in [0, 0.05) is 79.3 Å². The van der Waals surface area contributed by atoms with Crippen LogP contribution in [0.1, 0.15) is 87.0 Å². The van der Waals surface area contributed by atoms with E-state index in [4.69, 9.17) is 47.7 Å². The fourth-order valence-electron chi connectivity index (χ4n) is 14.2. The maximum absolute atomic E-state index is 12.9. The summed E-state index contributed by atoms with van der Waals surface area (Å²) >= 11 is 1.75. The van der Waals surface area contributed by atoms with Crippen molar-refractivity contribution in [3.05, 3.63) is 173 Å². The van der Waals surface area contributed by atoms with Gasteiger partial charge in [0.15, 0.2) is 62.3 Å². The van der Waals surface area contributed by atoms with E-state index >= 15 is 0 Å². The smallest absolute Gasteiger partial charge is 0.790 e. The van der Waals surface area contributed by atoms with Crippen LogP contribution in [0.3, 0.4) is 0 Å².